The van der Waals surface area contributed by atoms with E-state index in [-0.39, 0.29) is 29.0 Å². The minimum Gasteiger partial charge on any atom is -0.508 e. The summed E-state index contributed by atoms with van der Waals surface area (Å²) in [7, 11) is 0. The van der Waals surface area contributed by atoms with Crippen LogP contribution in [-0.2, 0) is 11.2 Å². The summed E-state index contributed by atoms with van der Waals surface area (Å²) in [5.41, 5.74) is 0.419. The number of aliphatic carboxylic acids is 1. The van der Waals surface area contributed by atoms with Crippen LogP contribution in [0, 0.1) is 0 Å². The van der Waals surface area contributed by atoms with Crippen LogP contribution >= 0.6 is 0 Å². The van der Waals surface area contributed by atoms with Crippen molar-refractivity contribution >= 4 is 11.8 Å². The van der Waals surface area contributed by atoms with E-state index >= 15 is 0 Å². The van der Waals surface area contributed by atoms with Crippen molar-refractivity contribution in [3.05, 3.63) is 47.0 Å². The van der Waals surface area contributed by atoms with Crippen molar-refractivity contribution < 1.29 is 34.8 Å². The summed E-state index contributed by atoms with van der Waals surface area (Å²) in [6.07, 6.45) is -1.31. The van der Waals surface area contributed by atoms with Crippen LogP contribution in [0.4, 0.5) is 0 Å². The summed E-state index contributed by atoms with van der Waals surface area (Å²) < 4.78 is 5.74. The number of rotatable bonds is 3. The molecule has 4 N–H and O–H groups in total. The number of aromatic hydroxyl groups is 3. The highest BCUT2D eigenvalue weighted by molar-refractivity contribution is 6.03. The molecule has 2 aromatic carbocycles. The van der Waals surface area contributed by atoms with Crippen LogP contribution in [-0.4, -0.2) is 32.2 Å². The molecule has 0 fully saturated rings. The van der Waals surface area contributed by atoms with Crippen molar-refractivity contribution in [2.24, 2.45) is 0 Å². The molecule has 3 rings (SSSR count). The van der Waals surface area contributed by atoms with E-state index in [2.05, 4.69) is 0 Å². The van der Waals surface area contributed by atoms with Crippen molar-refractivity contribution in [3.8, 4) is 23.0 Å². The molecule has 0 radical (unpaired) electrons. The molecular weight excluding hydrogens is 316 g/mol. The molecule has 1 aliphatic rings. The van der Waals surface area contributed by atoms with Crippen LogP contribution in [0.3, 0.4) is 0 Å². The standard InChI is InChI=1S/C17H14O7/c18-9-3-1-8(2-4-9)14-7-13(21)16-12(20)6-11(19)10(5-15(22)23)17(16)24-14/h1-4,6,14,18-20H,5,7H2,(H,22,23). The lowest BCUT2D eigenvalue weighted by atomic mass is 9.92. The Morgan fingerprint density at radius 1 is 1.12 bits per heavy atom. The minimum absolute atomic E-state index is 0.0530. The Hall–Kier alpha value is -3.22. The molecule has 7 heteroatoms. The SMILES string of the molecule is O=C(O)Cc1c(O)cc(O)c2c1OC(c1ccc(O)cc1)CC2=O. The van der Waals surface area contributed by atoms with Crippen molar-refractivity contribution in [3.63, 3.8) is 0 Å². The van der Waals surface area contributed by atoms with Gasteiger partial charge in [-0.15, -0.1) is 0 Å². The Balaban J connectivity index is 2.09. The third-order valence-corrected chi connectivity index (χ3v) is 3.84. The van der Waals surface area contributed by atoms with Gasteiger partial charge in [-0.3, -0.25) is 9.59 Å². The second kappa shape index (κ2) is 5.77. The molecule has 1 unspecified atom stereocenters. The lowest BCUT2D eigenvalue weighted by molar-refractivity contribution is -0.136. The number of carboxylic acids is 1. The van der Waals surface area contributed by atoms with Crippen LogP contribution in [0.25, 0.3) is 0 Å². The molecule has 0 aromatic heterocycles. The average molecular weight is 330 g/mol. The highest BCUT2D eigenvalue weighted by Gasteiger charge is 2.34. The predicted molar refractivity (Wildman–Crippen MR) is 81.5 cm³/mol. The van der Waals surface area contributed by atoms with Crippen LogP contribution in [0.1, 0.15) is 34.0 Å². The van der Waals surface area contributed by atoms with Gasteiger partial charge in [0.05, 0.1) is 12.8 Å². The van der Waals surface area contributed by atoms with E-state index in [0.29, 0.717) is 5.56 Å². The van der Waals surface area contributed by atoms with Gasteiger partial charge in [0.15, 0.2) is 5.78 Å². The zero-order valence-electron chi connectivity index (χ0n) is 12.4. The molecule has 0 aliphatic carbocycles. The van der Waals surface area contributed by atoms with Crippen molar-refractivity contribution in [2.75, 3.05) is 0 Å². The van der Waals surface area contributed by atoms with Gasteiger partial charge in [0.1, 0.15) is 34.7 Å². The number of Topliss-reactive ketones (excluding diaryl/α,β-unsaturated/α-hetero) is 1. The first-order valence-electron chi connectivity index (χ1n) is 7.15. The maximum Gasteiger partial charge on any atom is 0.308 e. The Morgan fingerprint density at radius 3 is 2.42 bits per heavy atom. The third kappa shape index (κ3) is 2.71. The molecule has 0 saturated carbocycles. The largest absolute Gasteiger partial charge is 0.508 e. The Kier molecular flexibility index (Phi) is 3.76. The first kappa shape index (κ1) is 15.7. The molecule has 0 amide bonds. The monoisotopic (exact) mass is 330 g/mol. The molecule has 1 aliphatic heterocycles. The summed E-state index contributed by atoms with van der Waals surface area (Å²) in [5, 5.41) is 38.2. The zero-order valence-corrected chi connectivity index (χ0v) is 12.4. The van der Waals surface area contributed by atoms with Gasteiger partial charge < -0.3 is 25.2 Å². The topological polar surface area (TPSA) is 124 Å². The first-order chi connectivity index (χ1) is 11.4. The van der Waals surface area contributed by atoms with Gasteiger partial charge in [0.25, 0.3) is 0 Å². The fraction of sp³-hybridized carbons (Fsp3) is 0.176. The van der Waals surface area contributed by atoms with Crippen molar-refractivity contribution in [1.29, 1.82) is 0 Å². The molecule has 1 heterocycles. The van der Waals surface area contributed by atoms with Gasteiger partial charge in [-0.1, -0.05) is 12.1 Å². The van der Waals surface area contributed by atoms with E-state index in [4.69, 9.17) is 9.84 Å². The van der Waals surface area contributed by atoms with Crippen LogP contribution in [0.5, 0.6) is 23.0 Å². The molecule has 0 saturated heterocycles. The number of ketones is 1. The average Bonchev–Trinajstić information content (AvgIpc) is 2.51. The van der Waals surface area contributed by atoms with Gasteiger partial charge in [0, 0.05) is 11.6 Å². The second-order valence-electron chi connectivity index (χ2n) is 5.49. The number of fused-ring (bicyclic) bond motifs is 1. The Labute approximate surface area is 136 Å². The fourth-order valence-corrected chi connectivity index (χ4v) is 2.72. The van der Waals surface area contributed by atoms with Gasteiger partial charge >= 0.3 is 5.97 Å². The van der Waals surface area contributed by atoms with E-state index in [1.54, 1.807) is 12.1 Å². The lowest BCUT2D eigenvalue weighted by Gasteiger charge is -2.28. The number of carbonyl (C=O) groups is 2. The molecule has 7 nitrogen and oxygen atoms in total. The van der Waals surface area contributed by atoms with E-state index in [9.17, 15) is 24.9 Å². The second-order valence-corrected chi connectivity index (χ2v) is 5.49. The number of carboxylic acid groups (broad SMARTS) is 1. The Morgan fingerprint density at radius 2 is 1.79 bits per heavy atom. The van der Waals surface area contributed by atoms with Crippen LogP contribution < -0.4 is 4.74 Å². The van der Waals surface area contributed by atoms with E-state index in [1.165, 1.54) is 12.1 Å². The lowest BCUT2D eigenvalue weighted by Crippen LogP contribution is -2.22. The van der Waals surface area contributed by atoms with Crippen LogP contribution in [0.15, 0.2) is 30.3 Å². The summed E-state index contributed by atoms with van der Waals surface area (Å²) in [6, 6.07) is 6.99. The number of ether oxygens (including phenoxy) is 1. The van der Waals surface area contributed by atoms with E-state index < -0.39 is 35.8 Å². The molecule has 1 atom stereocenters. The van der Waals surface area contributed by atoms with Gasteiger partial charge in [-0.2, -0.15) is 0 Å². The maximum atomic E-state index is 12.4. The molecular formula is C17H14O7. The normalized spacial score (nSPS) is 16.3. The number of carbonyl (C=O) groups excluding carboxylic acids is 1. The summed E-state index contributed by atoms with van der Waals surface area (Å²) in [4.78, 5) is 23.4. The summed E-state index contributed by atoms with van der Waals surface area (Å²) in [5.74, 6) is -2.59. The molecule has 124 valence electrons. The molecule has 2 aromatic rings. The first-order valence-corrected chi connectivity index (χ1v) is 7.15. The minimum atomic E-state index is -1.21. The number of benzene rings is 2. The zero-order chi connectivity index (χ0) is 17.4. The summed E-state index contributed by atoms with van der Waals surface area (Å²) >= 11 is 0. The third-order valence-electron chi connectivity index (χ3n) is 3.84. The van der Waals surface area contributed by atoms with Gasteiger partial charge in [-0.25, -0.2) is 0 Å². The quantitative estimate of drug-likeness (QED) is 0.679. The van der Waals surface area contributed by atoms with Crippen molar-refractivity contribution in [1.82, 2.24) is 0 Å². The van der Waals surface area contributed by atoms with Crippen molar-refractivity contribution in [2.45, 2.75) is 18.9 Å². The number of phenols is 3. The summed E-state index contributed by atoms with van der Waals surface area (Å²) in [6.45, 7) is 0. The van der Waals surface area contributed by atoms with E-state index in [0.717, 1.165) is 6.07 Å². The number of hydrogen-bond acceptors (Lipinski definition) is 6. The molecule has 24 heavy (non-hydrogen) atoms. The van der Waals surface area contributed by atoms with Gasteiger partial charge in [-0.05, 0) is 17.7 Å². The van der Waals surface area contributed by atoms with E-state index in [1.807, 2.05) is 0 Å². The maximum absolute atomic E-state index is 12.4. The predicted octanol–water partition coefficient (Wildman–Crippen LogP) is 2.14. The highest BCUT2D eigenvalue weighted by Crippen LogP contribution is 2.45. The number of hydrogen-bond donors (Lipinski definition) is 4. The Bertz CT molecular complexity index is 824. The number of phenolic OH excluding ortho intramolecular Hbond substituents is 3. The molecule has 0 bridgehead atoms. The highest BCUT2D eigenvalue weighted by atomic mass is 16.5. The smallest absolute Gasteiger partial charge is 0.308 e. The molecule has 0 spiro atoms. The van der Waals surface area contributed by atoms with Gasteiger partial charge in [0.2, 0.25) is 0 Å². The fourth-order valence-electron chi connectivity index (χ4n) is 2.72. The van der Waals surface area contributed by atoms with Crippen LogP contribution in [0.2, 0.25) is 0 Å².